The van der Waals surface area contributed by atoms with Crippen LogP contribution in [0.5, 0.6) is 0 Å². The molecule has 3 atom stereocenters. The zero-order chi connectivity index (χ0) is 23.5. The van der Waals surface area contributed by atoms with E-state index in [1.165, 1.54) is 17.0 Å². The molecule has 11 heteroatoms. The van der Waals surface area contributed by atoms with Gasteiger partial charge in [0.05, 0.1) is 11.1 Å². The first-order valence-electron chi connectivity index (χ1n) is 10.4. The molecule has 3 aromatic rings. The second kappa shape index (κ2) is 7.46. The SMILES string of the molecule is O=C(c1nnc2ccc(C(F)(F)F)cn12)N1C[C@H]2C[C@@H](c3ccccc3C(F)(F)F)C[C@H]2C1. The number of rotatable bonds is 2. The van der Waals surface area contributed by atoms with Gasteiger partial charge in [0.25, 0.3) is 5.91 Å². The number of alkyl halides is 6. The second-order valence-electron chi connectivity index (χ2n) is 8.65. The average Bonchev–Trinajstić information content (AvgIpc) is 3.44. The highest BCUT2D eigenvalue weighted by molar-refractivity contribution is 5.91. The highest BCUT2D eigenvalue weighted by Gasteiger charge is 2.45. The summed E-state index contributed by atoms with van der Waals surface area (Å²) in [7, 11) is 0. The molecule has 0 N–H and O–H groups in total. The van der Waals surface area contributed by atoms with Crippen LogP contribution in [-0.2, 0) is 12.4 Å². The summed E-state index contributed by atoms with van der Waals surface area (Å²) in [6.45, 7) is 0.643. The number of amides is 1. The summed E-state index contributed by atoms with van der Waals surface area (Å²) in [5.74, 6) is -0.966. The van der Waals surface area contributed by atoms with E-state index in [0.717, 1.165) is 28.8 Å². The predicted octanol–water partition coefficient (Wildman–Crippen LogP) is 5.03. The first-order valence-corrected chi connectivity index (χ1v) is 10.4. The largest absolute Gasteiger partial charge is 0.417 e. The minimum atomic E-state index is -4.58. The number of hydrogen-bond acceptors (Lipinski definition) is 3. The van der Waals surface area contributed by atoms with Crippen molar-refractivity contribution in [1.29, 1.82) is 0 Å². The number of nitrogens with zero attached hydrogens (tertiary/aromatic N) is 4. The van der Waals surface area contributed by atoms with Crippen LogP contribution in [0.25, 0.3) is 5.65 Å². The number of halogens is 6. The molecule has 0 spiro atoms. The molecule has 2 aromatic heterocycles. The van der Waals surface area contributed by atoms with Crippen LogP contribution in [0, 0.1) is 11.8 Å². The van der Waals surface area contributed by atoms with E-state index in [9.17, 15) is 31.1 Å². The van der Waals surface area contributed by atoms with Crippen LogP contribution in [0.1, 0.15) is 46.1 Å². The molecule has 1 saturated heterocycles. The molecule has 0 unspecified atom stereocenters. The van der Waals surface area contributed by atoms with Crippen LogP contribution in [0.3, 0.4) is 0 Å². The van der Waals surface area contributed by atoms with Crippen LogP contribution < -0.4 is 0 Å². The van der Waals surface area contributed by atoms with Gasteiger partial charge in [0.1, 0.15) is 0 Å². The number of fused-ring (bicyclic) bond motifs is 2. The summed E-state index contributed by atoms with van der Waals surface area (Å²) in [5, 5.41) is 7.57. The van der Waals surface area contributed by atoms with E-state index in [0.29, 0.717) is 25.9 Å². The van der Waals surface area contributed by atoms with Crippen LogP contribution in [0.4, 0.5) is 26.3 Å². The Kier molecular flexibility index (Phi) is 4.91. The first-order chi connectivity index (χ1) is 15.5. The molecule has 0 radical (unpaired) electrons. The molecule has 5 rings (SSSR count). The van der Waals surface area contributed by atoms with Crippen LogP contribution in [0.2, 0.25) is 0 Å². The molecule has 3 heterocycles. The van der Waals surface area contributed by atoms with Gasteiger partial charge in [-0.3, -0.25) is 9.20 Å². The first kappa shape index (κ1) is 21.7. The van der Waals surface area contributed by atoms with E-state index in [4.69, 9.17) is 0 Å². The van der Waals surface area contributed by atoms with E-state index in [2.05, 4.69) is 10.2 Å². The standard InChI is InChI=1S/C22H18F6N4O/c23-21(24,25)15-5-6-18-29-30-19(32(18)11-15)20(33)31-9-13-7-12(8-14(13)10-31)16-3-1-2-4-17(16)22(26,27)28/h1-6,11-14H,7-10H2/t12-,13-,14+. The van der Waals surface area contributed by atoms with Crippen molar-refractivity contribution in [1.82, 2.24) is 19.5 Å². The Morgan fingerprint density at radius 2 is 1.55 bits per heavy atom. The van der Waals surface area contributed by atoms with E-state index < -0.39 is 29.4 Å². The summed E-state index contributed by atoms with van der Waals surface area (Å²) in [4.78, 5) is 14.5. The van der Waals surface area contributed by atoms with Crippen LogP contribution in [-0.4, -0.2) is 38.5 Å². The molecule has 2 fully saturated rings. The fourth-order valence-corrected chi connectivity index (χ4v) is 5.18. The molecule has 1 amide bonds. The number of carbonyl (C=O) groups excluding carboxylic acids is 1. The van der Waals surface area contributed by atoms with Gasteiger partial charge < -0.3 is 4.90 Å². The monoisotopic (exact) mass is 468 g/mol. The Labute approximate surface area is 184 Å². The topological polar surface area (TPSA) is 50.5 Å². The van der Waals surface area contributed by atoms with Crippen LogP contribution >= 0.6 is 0 Å². The van der Waals surface area contributed by atoms with Gasteiger partial charge in [-0.2, -0.15) is 26.3 Å². The van der Waals surface area contributed by atoms with Gasteiger partial charge in [0.2, 0.25) is 5.82 Å². The Morgan fingerprint density at radius 1 is 0.879 bits per heavy atom. The summed E-state index contributed by atoms with van der Waals surface area (Å²) < 4.78 is 80.5. The summed E-state index contributed by atoms with van der Waals surface area (Å²) in [6, 6.07) is 7.59. The van der Waals surface area contributed by atoms with Gasteiger partial charge >= 0.3 is 12.4 Å². The minimum Gasteiger partial charge on any atom is -0.335 e. The summed E-state index contributed by atoms with van der Waals surface area (Å²) >= 11 is 0. The lowest BCUT2D eigenvalue weighted by molar-refractivity contribution is -0.139. The van der Waals surface area contributed by atoms with Crippen molar-refractivity contribution >= 4 is 11.6 Å². The van der Waals surface area contributed by atoms with Gasteiger partial charge in [0.15, 0.2) is 5.65 Å². The lowest BCUT2D eigenvalue weighted by atomic mass is 9.91. The molecule has 5 nitrogen and oxygen atoms in total. The lowest BCUT2D eigenvalue weighted by Crippen LogP contribution is -2.31. The normalized spacial score (nSPS) is 23.3. The fourth-order valence-electron chi connectivity index (χ4n) is 5.18. The maximum absolute atomic E-state index is 13.4. The van der Waals surface area contributed by atoms with Crippen molar-refractivity contribution in [2.75, 3.05) is 13.1 Å². The third kappa shape index (κ3) is 3.83. The molecule has 33 heavy (non-hydrogen) atoms. The molecule has 0 bridgehead atoms. The van der Waals surface area contributed by atoms with E-state index in [1.807, 2.05) is 0 Å². The van der Waals surface area contributed by atoms with Crippen molar-refractivity contribution < 1.29 is 31.1 Å². The smallest absolute Gasteiger partial charge is 0.335 e. The van der Waals surface area contributed by atoms with E-state index in [-0.39, 0.29) is 34.8 Å². The third-order valence-corrected chi connectivity index (χ3v) is 6.67. The van der Waals surface area contributed by atoms with Crippen molar-refractivity contribution in [2.45, 2.75) is 31.1 Å². The Balaban J connectivity index is 1.34. The second-order valence-corrected chi connectivity index (χ2v) is 8.65. The highest BCUT2D eigenvalue weighted by atomic mass is 19.4. The Bertz CT molecular complexity index is 1200. The predicted molar refractivity (Wildman–Crippen MR) is 104 cm³/mol. The van der Waals surface area contributed by atoms with Gasteiger partial charge in [-0.25, -0.2) is 0 Å². The number of hydrogen-bond donors (Lipinski definition) is 0. The summed E-state index contributed by atoms with van der Waals surface area (Å²) in [6.07, 6.45) is -7.18. The lowest BCUT2D eigenvalue weighted by Gasteiger charge is -2.21. The molecular weight excluding hydrogens is 450 g/mol. The van der Waals surface area contributed by atoms with Crippen molar-refractivity contribution in [3.8, 4) is 0 Å². The van der Waals surface area contributed by atoms with Crippen LogP contribution in [0.15, 0.2) is 42.6 Å². The van der Waals surface area contributed by atoms with Crippen molar-refractivity contribution in [3.63, 3.8) is 0 Å². The molecule has 1 aromatic carbocycles. The van der Waals surface area contributed by atoms with Gasteiger partial charge in [0, 0.05) is 19.3 Å². The molecule has 174 valence electrons. The number of pyridine rings is 1. The maximum Gasteiger partial charge on any atom is 0.417 e. The van der Waals surface area contributed by atoms with E-state index >= 15 is 0 Å². The third-order valence-electron chi connectivity index (χ3n) is 6.67. The van der Waals surface area contributed by atoms with Crippen molar-refractivity contribution in [3.05, 3.63) is 65.1 Å². The molecule has 1 saturated carbocycles. The minimum absolute atomic E-state index is 0.0187. The quantitative estimate of drug-likeness (QED) is 0.496. The molecule has 2 aliphatic rings. The zero-order valence-electron chi connectivity index (χ0n) is 17.1. The Morgan fingerprint density at radius 3 is 2.18 bits per heavy atom. The molecular formula is C22H18F6N4O. The fraction of sp³-hybridized carbons (Fsp3) is 0.409. The van der Waals surface area contributed by atoms with Gasteiger partial charge in [-0.1, -0.05) is 18.2 Å². The molecule has 1 aliphatic carbocycles. The number of benzene rings is 1. The highest BCUT2D eigenvalue weighted by Crippen LogP contribution is 2.49. The van der Waals surface area contributed by atoms with Gasteiger partial charge in [-0.05, 0) is 54.4 Å². The zero-order valence-corrected chi connectivity index (χ0v) is 17.1. The number of likely N-dealkylation sites (tertiary alicyclic amines) is 1. The molecule has 1 aliphatic heterocycles. The van der Waals surface area contributed by atoms with Crippen molar-refractivity contribution in [2.24, 2.45) is 11.8 Å². The summed E-state index contributed by atoms with van der Waals surface area (Å²) in [5.41, 5.74) is -1.15. The Hall–Kier alpha value is -3.11. The number of aromatic nitrogens is 3. The number of carbonyl (C=O) groups is 1. The van der Waals surface area contributed by atoms with E-state index in [1.54, 1.807) is 6.07 Å². The maximum atomic E-state index is 13.4. The van der Waals surface area contributed by atoms with Gasteiger partial charge in [-0.15, -0.1) is 10.2 Å². The average molecular weight is 468 g/mol.